The fraction of sp³-hybridized carbons (Fsp3) is 0.667. The third kappa shape index (κ3) is 10.9. The average molecular weight is 495 g/mol. The first-order valence-electron chi connectivity index (χ1n) is 12.2. The van der Waals surface area contributed by atoms with Crippen LogP contribution in [-0.4, -0.2) is 62.6 Å². The molecule has 198 valence electrons. The molecule has 1 heterocycles. The number of cyclic esters (lactones) is 1. The maximum Gasteiger partial charge on any atom is 0.309 e. The molecule has 0 aromatic rings. The Hall–Kier alpha value is -2.29. The van der Waals surface area contributed by atoms with Gasteiger partial charge in [-0.25, -0.2) is 0 Å². The van der Waals surface area contributed by atoms with Gasteiger partial charge < -0.3 is 24.8 Å². The van der Waals surface area contributed by atoms with Crippen LogP contribution in [0.25, 0.3) is 0 Å². The number of allylic oxidation sites excluding steroid dienone is 2. The molecule has 0 aromatic heterocycles. The molecule has 0 aliphatic carbocycles. The fourth-order valence-corrected chi connectivity index (χ4v) is 3.70. The Morgan fingerprint density at radius 1 is 1.37 bits per heavy atom. The van der Waals surface area contributed by atoms with Crippen molar-refractivity contribution >= 4 is 17.7 Å². The summed E-state index contributed by atoms with van der Waals surface area (Å²) in [6.07, 6.45) is 8.50. The highest BCUT2D eigenvalue weighted by Gasteiger charge is 2.34. The Morgan fingerprint density at radius 2 is 2.03 bits per heavy atom. The van der Waals surface area contributed by atoms with E-state index in [1.165, 1.54) is 26.8 Å². The van der Waals surface area contributed by atoms with Gasteiger partial charge in [0.15, 0.2) is 5.78 Å². The van der Waals surface area contributed by atoms with Crippen molar-refractivity contribution in [3.63, 3.8) is 0 Å². The van der Waals surface area contributed by atoms with E-state index < -0.39 is 41.5 Å². The topological polar surface area (TPSA) is 130 Å². The molecule has 0 saturated carbocycles. The second-order valence-corrected chi connectivity index (χ2v) is 9.91. The van der Waals surface area contributed by atoms with Gasteiger partial charge in [0.25, 0.3) is 0 Å². The summed E-state index contributed by atoms with van der Waals surface area (Å²) in [4.78, 5) is 35.8. The second kappa shape index (κ2) is 13.7. The van der Waals surface area contributed by atoms with Crippen molar-refractivity contribution in [3.8, 4) is 0 Å². The zero-order valence-corrected chi connectivity index (χ0v) is 21.8. The van der Waals surface area contributed by atoms with Crippen LogP contribution in [0.1, 0.15) is 73.6 Å². The molecule has 0 spiro atoms. The van der Waals surface area contributed by atoms with Gasteiger partial charge in [-0.05, 0) is 57.3 Å². The van der Waals surface area contributed by atoms with Crippen molar-refractivity contribution < 1.29 is 39.2 Å². The van der Waals surface area contributed by atoms with Gasteiger partial charge >= 0.3 is 11.9 Å². The Kier molecular flexibility index (Phi) is 12.0. The van der Waals surface area contributed by atoms with E-state index in [4.69, 9.17) is 9.47 Å². The Morgan fingerprint density at radius 3 is 2.63 bits per heavy atom. The van der Waals surface area contributed by atoms with Crippen molar-refractivity contribution in [2.75, 3.05) is 0 Å². The lowest BCUT2D eigenvalue weighted by molar-refractivity contribution is -0.157. The lowest BCUT2D eigenvalue weighted by atomic mass is 9.89. The molecule has 8 nitrogen and oxygen atoms in total. The minimum atomic E-state index is -1.50. The van der Waals surface area contributed by atoms with E-state index >= 15 is 0 Å². The van der Waals surface area contributed by atoms with Crippen LogP contribution in [-0.2, 0) is 23.9 Å². The predicted molar refractivity (Wildman–Crippen MR) is 132 cm³/mol. The molecule has 8 heteroatoms. The summed E-state index contributed by atoms with van der Waals surface area (Å²) in [6, 6.07) is 0. The van der Waals surface area contributed by atoms with Crippen molar-refractivity contribution in [2.24, 2.45) is 11.8 Å². The standard InChI is InChI=1S/C27H42O8/c1-7-23(30)26(5,32)15-8-9-18(2)10-12-22-19(3)11-13-24(34-20(4)28)27(6,33)16-14-21(29)17-25(31)35-22/h8,10-13,15,18-19,21-22,24,29,32-33H,7,9,14,16-17H2,1-6H3/b12-10+,13-11+,15-8+/t18-,19+,21-,22+,24+,26+,27+/m1/s1. The van der Waals surface area contributed by atoms with Crippen LogP contribution in [0.2, 0.25) is 0 Å². The highest BCUT2D eigenvalue weighted by molar-refractivity contribution is 5.88. The molecular formula is C27H42O8. The van der Waals surface area contributed by atoms with E-state index in [-0.39, 0.29) is 43.3 Å². The van der Waals surface area contributed by atoms with E-state index in [0.29, 0.717) is 6.42 Å². The average Bonchev–Trinajstić information content (AvgIpc) is 2.76. The van der Waals surface area contributed by atoms with Crippen LogP contribution < -0.4 is 0 Å². The maximum atomic E-state index is 12.4. The van der Waals surface area contributed by atoms with E-state index in [9.17, 15) is 29.7 Å². The summed E-state index contributed by atoms with van der Waals surface area (Å²) in [5.41, 5.74) is -2.92. The number of carbonyl (C=O) groups is 3. The summed E-state index contributed by atoms with van der Waals surface area (Å²) in [6.45, 7) is 9.74. The lowest BCUT2D eigenvalue weighted by Crippen LogP contribution is -2.42. The van der Waals surface area contributed by atoms with Crippen molar-refractivity contribution in [2.45, 2.75) is 103 Å². The van der Waals surface area contributed by atoms with E-state index in [1.807, 2.05) is 19.9 Å². The fourth-order valence-electron chi connectivity index (χ4n) is 3.70. The molecule has 0 unspecified atom stereocenters. The first-order chi connectivity index (χ1) is 16.2. The lowest BCUT2D eigenvalue weighted by Gasteiger charge is -2.32. The predicted octanol–water partition coefficient (Wildman–Crippen LogP) is 3.19. The molecule has 35 heavy (non-hydrogen) atoms. The largest absolute Gasteiger partial charge is 0.457 e. The molecule has 1 rings (SSSR count). The van der Waals surface area contributed by atoms with Gasteiger partial charge in [0.1, 0.15) is 23.4 Å². The number of hydrogen-bond donors (Lipinski definition) is 3. The van der Waals surface area contributed by atoms with Crippen LogP contribution >= 0.6 is 0 Å². The third-order valence-electron chi connectivity index (χ3n) is 6.13. The molecule has 0 amide bonds. The Bertz CT molecular complexity index is 808. The molecule has 7 atom stereocenters. The quantitative estimate of drug-likeness (QED) is 0.346. The van der Waals surface area contributed by atoms with Gasteiger partial charge in [0, 0.05) is 19.3 Å². The van der Waals surface area contributed by atoms with E-state index in [0.717, 1.165) is 0 Å². The summed E-state index contributed by atoms with van der Waals surface area (Å²) in [5.74, 6) is -1.64. The van der Waals surface area contributed by atoms with Gasteiger partial charge in [0.05, 0.1) is 12.5 Å². The summed E-state index contributed by atoms with van der Waals surface area (Å²) in [5, 5.41) is 31.3. The van der Waals surface area contributed by atoms with Crippen molar-refractivity contribution in [1.29, 1.82) is 0 Å². The van der Waals surface area contributed by atoms with Gasteiger partial charge in [-0.1, -0.05) is 39.0 Å². The number of rotatable bonds is 8. The van der Waals surface area contributed by atoms with Crippen LogP contribution in [0.3, 0.4) is 0 Å². The highest BCUT2D eigenvalue weighted by Crippen LogP contribution is 2.26. The number of aliphatic hydroxyl groups is 3. The molecule has 0 aromatic carbocycles. The molecule has 0 radical (unpaired) electrons. The molecule has 0 fully saturated rings. The van der Waals surface area contributed by atoms with Gasteiger partial charge in [-0.3, -0.25) is 14.4 Å². The highest BCUT2D eigenvalue weighted by atomic mass is 16.6. The molecular weight excluding hydrogens is 452 g/mol. The zero-order chi connectivity index (χ0) is 26.8. The van der Waals surface area contributed by atoms with Gasteiger partial charge in [-0.15, -0.1) is 0 Å². The summed E-state index contributed by atoms with van der Waals surface area (Å²) >= 11 is 0. The SMILES string of the molecule is CCC(=O)[C@@](C)(O)/C=C/C[C@@H](C)/C=C/[C@@H]1OC(=O)C[C@H](O)CC[C@](C)(O)[C@@H](OC(C)=O)/C=C/[C@@H]1C. The van der Waals surface area contributed by atoms with E-state index in [1.54, 1.807) is 31.2 Å². The molecule has 1 aliphatic rings. The first-order valence-corrected chi connectivity index (χ1v) is 12.2. The number of aliphatic hydroxyl groups excluding tert-OH is 1. The van der Waals surface area contributed by atoms with Gasteiger partial charge in [-0.2, -0.15) is 0 Å². The molecule has 0 bridgehead atoms. The van der Waals surface area contributed by atoms with Crippen LogP contribution in [0.15, 0.2) is 36.5 Å². The number of ketones is 1. The maximum absolute atomic E-state index is 12.4. The summed E-state index contributed by atoms with van der Waals surface area (Å²) < 4.78 is 10.9. The first kappa shape index (κ1) is 30.7. The normalized spacial score (nSPS) is 32.2. The summed E-state index contributed by atoms with van der Waals surface area (Å²) in [7, 11) is 0. The number of carbonyl (C=O) groups excluding carboxylic acids is 3. The minimum absolute atomic E-state index is 0.0233. The third-order valence-corrected chi connectivity index (χ3v) is 6.13. The van der Waals surface area contributed by atoms with E-state index in [2.05, 4.69) is 0 Å². The molecule has 3 N–H and O–H groups in total. The Balaban J connectivity index is 3.05. The number of ether oxygens (including phenoxy) is 2. The minimum Gasteiger partial charge on any atom is -0.457 e. The van der Waals surface area contributed by atoms with Crippen LogP contribution in [0.5, 0.6) is 0 Å². The zero-order valence-electron chi connectivity index (χ0n) is 21.8. The number of Topliss-reactive ketones (excluding diaryl/α,β-unsaturated/α-hetero) is 1. The molecule has 0 saturated heterocycles. The van der Waals surface area contributed by atoms with Crippen LogP contribution in [0, 0.1) is 11.8 Å². The second-order valence-electron chi connectivity index (χ2n) is 9.91. The van der Waals surface area contributed by atoms with Crippen LogP contribution in [0.4, 0.5) is 0 Å². The molecule has 1 aliphatic heterocycles. The smallest absolute Gasteiger partial charge is 0.309 e. The number of hydrogen-bond acceptors (Lipinski definition) is 8. The number of esters is 2. The van der Waals surface area contributed by atoms with Gasteiger partial charge in [0.2, 0.25) is 0 Å². The Labute approximate surface area is 208 Å². The van der Waals surface area contributed by atoms with Crippen molar-refractivity contribution in [3.05, 3.63) is 36.5 Å². The monoisotopic (exact) mass is 494 g/mol. The van der Waals surface area contributed by atoms with Crippen molar-refractivity contribution in [1.82, 2.24) is 0 Å².